The maximum Gasteiger partial charge on any atom is 0.310 e. The highest BCUT2D eigenvalue weighted by Crippen LogP contribution is 2.38. The van der Waals surface area contributed by atoms with Crippen LogP contribution in [0.2, 0.25) is 0 Å². The normalized spacial score (nSPS) is 12.5. The second-order valence-corrected chi connectivity index (χ2v) is 3.66. The van der Waals surface area contributed by atoms with Crippen LogP contribution in [-0.4, -0.2) is 21.3 Å². The fourth-order valence-corrected chi connectivity index (χ4v) is 1.37. The number of carbonyl (C=O) groups is 1. The van der Waals surface area contributed by atoms with Crippen LogP contribution >= 0.6 is 0 Å². The summed E-state index contributed by atoms with van der Waals surface area (Å²) >= 11 is 0. The Kier molecular flexibility index (Phi) is 2.88. The Morgan fingerprint density at radius 2 is 1.80 bits per heavy atom. The Morgan fingerprint density at radius 1 is 1.27 bits per heavy atom. The lowest BCUT2D eigenvalue weighted by atomic mass is 9.95. The average Bonchev–Trinajstić information content (AvgIpc) is 2.19. The average molecular weight is 210 g/mol. The first-order chi connectivity index (χ1) is 6.86. The molecule has 4 nitrogen and oxygen atoms in total. The first-order valence-corrected chi connectivity index (χ1v) is 4.61. The highest BCUT2D eigenvalue weighted by molar-refractivity contribution is 5.77. The van der Waals surface area contributed by atoms with Crippen molar-refractivity contribution < 1.29 is 20.1 Å². The smallest absolute Gasteiger partial charge is 0.310 e. The van der Waals surface area contributed by atoms with Crippen molar-refractivity contribution in [2.24, 2.45) is 0 Å². The Labute approximate surface area is 87.8 Å². The topological polar surface area (TPSA) is 77.8 Å². The van der Waals surface area contributed by atoms with E-state index in [0.29, 0.717) is 5.56 Å². The van der Waals surface area contributed by atoms with E-state index in [1.807, 2.05) is 0 Å². The summed E-state index contributed by atoms with van der Waals surface area (Å²) in [7, 11) is 0. The van der Waals surface area contributed by atoms with Crippen LogP contribution < -0.4 is 0 Å². The van der Waals surface area contributed by atoms with E-state index in [1.54, 1.807) is 19.9 Å². The molecule has 3 N–H and O–H groups in total. The minimum Gasteiger partial charge on any atom is -0.504 e. The third-order valence-electron chi connectivity index (χ3n) is 2.65. The molecule has 0 saturated carbocycles. The zero-order chi connectivity index (χ0) is 11.7. The van der Waals surface area contributed by atoms with Crippen molar-refractivity contribution in [1.29, 1.82) is 0 Å². The van der Waals surface area contributed by atoms with Crippen molar-refractivity contribution in [3.05, 3.63) is 22.8 Å². The molecule has 0 amide bonds. The van der Waals surface area contributed by atoms with Crippen molar-refractivity contribution in [3.8, 4) is 11.5 Å². The number of phenolic OH excluding ortho intramolecular Hbond substituents is 2. The van der Waals surface area contributed by atoms with Gasteiger partial charge in [-0.25, -0.2) is 0 Å². The first kappa shape index (κ1) is 11.4. The van der Waals surface area contributed by atoms with Gasteiger partial charge in [-0.15, -0.1) is 0 Å². The third-order valence-corrected chi connectivity index (χ3v) is 2.65. The molecule has 1 unspecified atom stereocenters. The van der Waals surface area contributed by atoms with Crippen molar-refractivity contribution >= 4 is 5.97 Å². The second-order valence-electron chi connectivity index (χ2n) is 3.66. The van der Waals surface area contributed by atoms with E-state index in [-0.39, 0.29) is 17.1 Å². The molecule has 0 aromatic heterocycles. The molecule has 1 aromatic rings. The molecule has 0 aliphatic carbocycles. The Balaban J connectivity index is 3.38. The Hall–Kier alpha value is -1.71. The standard InChI is InChI=1S/C11H14O4/c1-5-4-8(7(3)11(14)15)10(13)9(12)6(5)2/h4,7,12-13H,1-3H3,(H,14,15). The van der Waals surface area contributed by atoms with Gasteiger partial charge in [0.05, 0.1) is 5.92 Å². The molecule has 1 rings (SSSR count). The number of rotatable bonds is 2. The van der Waals surface area contributed by atoms with Crippen LogP contribution in [0.5, 0.6) is 11.5 Å². The largest absolute Gasteiger partial charge is 0.504 e. The first-order valence-electron chi connectivity index (χ1n) is 4.61. The van der Waals surface area contributed by atoms with Crippen LogP contribution in [0.25, 0.3) is 0 Å². The molecule has 0 fully saturated rings. The Morgan fingerprint density at radius 3 is 2.27 bits per heavy atom. The molecule has 0 saturated heterocycles. The van der Waals surface area contributed by atoms with Gasteiger partial charge in [0.2, 0.25) is 0 Å². The zero-order valence-electron chi connectivity index (χ0n) is 8.90. The minimum atomic E-state index is -1.03. The molecule has 1 atom stereocenters. The fourth-order valence-electron chi connectivity index (χ4n) is 1.37. The van der Waals surface area contributed by atoms with Gasteiger partial charge in [0.1, 0.15) is 0 Å². The summed E-state index contributed by atoms with van der Waals surface area (Å²) < 4.78 is 0. The number of phenols is 2. The van der Waals surface area contributed by atoms with E-state index >= 15 is 0 Å². The summed E-state index contributed by atoms with van der Waals surface area (Å²) in [4.78, 5) is 10.8. The van der Waals surface area contributed by atoms with Gasteiger partial charge in [0.15, 0.2) is 11.5 Å². The Bertz CT molecular complexity index is 410. The van der Waals surface area contributed by atoms with E-state index in [4.69, 9.17) is 5.11 Å². The van der Waals surface area contributed by atoms with Crippen molar-refractivity contribution in [2.45, 2.75) is 26.7 Å². The lowest BCUT2D eigenvalue weighted by Crippen LogP contribution is -2.08. The molecule has 0 spiro atoms. The maximum absolute atomic E-state index is 10.8. The number of benzene rings is 1. The monoisotopic (exact) mass is 210 g/mol. The van der Waals surface area contributed by atoms with Gasteiger partial charge in [-0.2, -0.15) is 0 Å². The molecular weight excluding hydrogens is 196 g/mol. The van der Waals surface area contributed by atoms with Gasteiger partial charge < -0.3 is 15.3 Å². The number of aryl methyl sites for hydroxylation is 1. The quantitative estimate of drug-likeness (QED) is 0.651. The summed E-state index contributed by atoms with van der Waals surface area (Å²) in [6.45, 7) is 4.89. The summed E-state index contributed by atoms with van der Waals surface area (Å²) in [5, 5.41) is 28.0. The van der Waals surface area contributed by atoms with E-state index < -0.39 is 11.9 Å². The molecule has 15 heavy (non-hydrogen) atoms. The van der Waals surface area contributed by atoms with Gasteiger partial charge in [-0.05, 0) is 31.9 Å². The number of carboxylic acid groups (broad SMARTS) is 1. The summed E-state index contributed by atoms with van der Waals surface area (Å²) in [6.07, 6.45) is 0. The molecule has 0 radical (unpaired) electrons. The number of carboxylic acids is 1. The molecule has 0 bridgehead atoms. The van der Waals surface area contributed by atoms with Crippen LogP contribution in [-0.2, 0) is 4.79 Å². The number of hydrogen-bond acceptors (Lipinski definition) is 3. The third kappa shape index (κ3) is 1.88. The summed E-state index contributed by atoms with van der Waals surface area (Å²) in [5.74, 6) is -2.45. The number of aromatic hydroxyl groups is 2. The number of hydrogen-bond donors (Lipinski definition) is 3. The SMILES string of the molecule is Cc1cc(C(C)C(=O)O)c(O)c(O)c1C. The van der Waals surface area contributed by atoms with E-state index in [9.17, 15) is 15.0 Å². The minimum absolute atomic E-state index is 0.238. The van der Waals surface area contributed by atoms with Crippen molar-refractivity contribution in [3.63, 3.8) is 0 Å². The van der Waals surface area contributed by atoms with Gasteiger partial charge in [0, 0.05) is 5.56 Å². The van der Waals surface area contributed by atoms with Gasteiger partial charge in [-0.1, -0.05) is 6.07 Å². The molecule has 4 heteroatoms. The van der Waals surface area contributed by atoms with E-state index in [1.165, 1.54) is 6.92 Å². The summed E-state index contributed by atoms with van der Waals surface area (Å²) in [5.41, 5.74) is 1.56. The van der Waals surface area contributed by atoms with Crippen LogP contribution in [0.1, 0.15) is 29.5 Å². The van der Waals surface area contributed by atoms with E-state index in [0.717, 1.165) is 5.56 Å². The molecule has 82 valence electrons. The lowest BCUT2D eigenvalue weighted by molar-refractivity contribution is -0.138. The molecular formula is C11H14O4. The molecule has 0 heterocycles. The highest BCUT2D eigenvalue weighted by atomic mass is 16.4. The zero-order valence-corrected chi connectivity index (χ0v) is 8.90. The molecule has 1 aromatic carbocycles. The van der Waals surface area contributed by atoms with Crippen LogP contribution in [0.3, 0.4) is 0 Å². The van der Waals surface area contributed by atoms with E-state index in [2.05, 4.69) is 0 Å². The molecule has 0 aliphatic heterocycles. The van der Waals surface area contributed by atoms with Gasteiger partial charge in [-0.3, -0.25) is 4.79 Å². The van der Waals surface area contributed by atoms with Gasteiger partial charge in [0.25, 0.3) is 0 Å². The number of aliphatic carboxylic acids is 1. The van der Waals surface area contributed by atoms with Crippen molar-refractivity contribution in [1.82, 2.24) is 0 Å². The molecule has 0 aliphatic rings. The van der Waals surface area contributed by atoms with Gasteiger partial charge >= 0.3 is 5.97 Å². The predicted molar refractivity (Wildman–Crippen MR) is 55.3 cm³/mol. The second kappa shape index (κ2) is 3.81. The van der Waals surface area contributed by atoms with Crippen LogP contribution in [0.4, 0.5) is 0 Å². The van der Waals surface area contributed by atoms with Crippen molar-refractivity contribution in [2.75, 3.05) is 0 Å². The summed E-state index contributed by atoms with van der Waals surface area (Å²) in [6, 6.07) is 1.59. The highest BCUT2D eigenvalue weighted by Gasteiger charge is 2.21. The fraction of sp³-hybridized carbons (Fsp3) is 0.364. The lowest BCUT2D eigenvalue weighted by Gasteiger charge is -2.13. The van der Waals surface area contributed by atoms with Crippen LogP contribution in [0.15, 0.2) is 6.07 Å². The van der Waals surface area contributed by atoms with Crippen LogP contribution in [0, 0.1) is 13.8 Å². The maximum atomic E-state index is 10.8. The predicted octanol–water partition coefficient (Wildman–Crippen LogP) is 1.90.